The summed E-state index contributed by atoms with van der Waals surface area (Å²) < 4.78 is 44.8. The summed E-state index contributed by atoms with van der Waals surface area (Å²) in [5, 5.41) is 45.2. The van der Waals surface area contributed by atoms with E-state index in [9.17, 15) is 25.2 Å². The highest BCUT2D eigenvalue weighted by Crippen LogP contribution is 2.48. The molecule has 3 fully saturated rings. The summed E-state index contributed by atoms with van der Waals surface area (Å²) in [7, 11) is 5.35. The molecule has 0 saturated carbocycles. The van der Waals surface area contributed by atoms with Gasteiger partial charge in [-0.05, 0) is 81.0 Å². The van der Waals surface area contributed by atoms with Crippen molar-refractivity contribution in [3.63, 3.8) is 0 Å². The lowest BCUT2D eigenvalue weighted by Gasteiger charge is -2.48. The molecule has 13 nitrogen and oxygen atoms in total. The zero-order valence-corrected chi connectivity index (χ0v) is 32.4. The van der Waals surface area contributed by atoms with Gasteiger partial charge in [-0.3, -0.25) is 4.79 Å². The minimum absolute atomic E-state index is 0.174. The molecule has 0 aliphatic carbocycles. The van der Waals surface area contributed by atoms with Crippen molar-refractivity contribution in [3.8, 4) is 0 Å². The maximum Gasteiger partial charge on any atom is 0.311 e. The van der Waals surface area contributed by atoms with Crippen molar-refractivity contribution in [2.75, 3.05) is 21.2 Å². The van der Waals surface area contributed by atoms with Gasteiger partial charge in [0.05, 0.1) is 41.9 Å². The molecule has 4 aliphatic rings. The zero-order chi connectivity index (χ0) is 37.7. The maximum atomic E-state index is 14.3. The minimum atomic E-state index is -1.82. The summed E-state index contributed by atoms with van der Waals surface area (Å²) in [5.74, 6) is -2.26. The van der Waals surface area contributed by atoms with Crippen molar-refractivity contribution in [1.82, 2.24) is 4.90 Å². The van der Waals surface area contributed by atoms with Gasteiger partial charge in [0.15, 0.2) is 12.6 Å². The number of aliphatic hydroxyl groups excluding tert-OH is 3. The fourth-order valence-corrected chi connectivity index (χ4v) is 8.73. The molecule has 290 valence electrons. The van der Waals surface area contributed by atoms with Crippen LogP contribution in [0, 0.1) is 17.8 Å². The Balaban J connectivity index is 1.83. The highest BCUT2D eigenvalue weighted by atomic mass is 16.7. The highest BCUT2D eigenvalue weighted by Gasteiger charge is 2.57. The molecule has 0 radical (unpaired) electrons. The van der Waals surface area contributed by atoms with Crippen LogP contribution in [0.15, 0.2) is 11.3 Å². The second kappa shape index (κ2) is 15.5. The monoisotopic (exact) mass is 715 g/mol. The van der Waals surface area contributed by atoms with E-state index in [0.29, 0.717) is 18.6 Å². The number of nitrogens with zero attached hydrogens (tertiary/aromatic N) is 1. The Hall–Kier alpha value is -1.39. The quantitative estimate of drug-likeness (QED) is 0.258. The Bertz CT molecular complexity index is 1210. The summed E-state index contributed by atoms with van der Waals surface area (Å²) in [4.78, 5) is 16.2. The molecule has 13 heteroatoms. The van der Waals surface area contributed by atoms with Crippen LogP contribution >= 0.6 is 0 Å². The van der Waals surface area contributed by atoms with Gasteiger partial charge in [-0.15, -0.1) is 0 Å². The third kappa shape index (κ3) is 7.93. The average molecular weight is 716 g/mol. The highest BCUT2D eigenvalue weighted by molar-refractivity contribution is 5.73. The lowest BCUT2D eigenvalue weighted by molar-refractivity contribution is -0.316. The number of likely N-dealkylation sites (N-methyl/N-ethyl adjacent to an activating group) is 1. The number of esters is 1. The molecule has 4 rings (SSSR count). The minimum Gasteiger partial charge on any atom is -0.488 e. The summed E-state index contributed by atoms with van der Waals surface area (Å²) >= 11 is 0. The smallest absolute Gasteiger partial charge is 0.311 e. The van der Waals surface area contributed by atoms with Crippen molar-refractivity contribution in [2.24, 2.45) is 17.8 Å². The van der Waals surface area contributed by atoms with Crippen LogP contribution in [0.1, 0.15) is 94.9 Å². The molecule has 4 aliphatic heterocycles. The van der Waals surface area contributed by atoms with Crippen molar-refractivity contribution in [3.05, 3.63) is 11.3 Å². The molecule has 17 atom stereocenters. The number of hydrogen-bond donors (Lipinski definition) is 4. The second-order valence-corrected chi connectivity index (χ2v) is 16.3. The van der Waals surface area contributed by atoms with Crippen LogP contribution in [0.3, 0.4) is 0 Å². The number of aliphatic hydroxyl groups is 4. The molecule has 3 saturated heterocycles. The molecule has 0 aromatic heterocycles. The second-order valence-electron chi connectivity index (χ2n) is 16.3. The largest absolute Gasteiger partial charge is 0.488 e. The molecule has 0 spiro atoms. The van der Waals surface area contributed by atoms with Gasteiger partial charge in [0.2, 0.25) is 0 Å². The molecule has 0 unspecified atom stereocenters. The van der Waals surface area contributed by atoms with Gasteiger partial charge < -0.3 is 58.5 Å². The van der Waals surface area contributed by atoms with Crippen LogP contribution in [0.5, 0.6) is 0 Å². The van der Waals surface area contributed by atoms with Crippen molar-refractivity contribution in [1.29, 1.82) is 0 Å². The van der Waals surface area contributed by atoms with Gasteiger partial charge in [-0.25, -0.2) is 0 Å². The van der Waals surface area contributed by atoms with Crippen molar-refractivity contribution < 1.29 is 58.4 Å². The standard InChI is InChI=1S/C37H65NO12/c1-14-25(39)37(10,43)32-20(4)28-18(2)16-36(9,50-28)31(49-34-27(40)24(38(11)12)15-19(3)45-34)21(5)29(22(6)33(42)48-32)47-26-17-35(8,44-13)30(41)23(7)46-26/h19-27,29-32,34,39-41,43H,14-17H2,1-13H3/t19-,20+,21+,22-,23+,24+,25-,26+,27-,29-,30+,31-,32-,34+,35-,36-,37-/m1/s1. The zero-order valence-electron chi connectivity index (χ0n) is 32.4. The van der Waals surface area contributed by atoms with Gasteiger partial charge >= 0.3 is 5.97 Å². The maximum absolute atomic E-state index is 14.3. The fraction of sp³-hybridized carbons (Fsp3) is 0.919. The Labute approximate surface area is 298 Å². The lowest BCUT2D eigenvalue weighted by atomic mass is 9.78. The van der Waals surface area contributed by atoms with Gasteiger partial charge in [-0.1, -0.05) is 20.8 Å². The molecule has 2 bridgehead atoms. The van der Waals surface area contributed by atoms with E-state index < -0.39 is 95.8 Å². The van der Waals surface area contributed by atoms with E-state index >= 15 is 0 Å². The van der Waals surface area contributed by atoms with Crippen LogP contribution in [0.4, 0.5) is 0 Å². The molecule has 0 aromatic carbocycles. The fourth-order valence-electron chi connectivity index (χ4n) is 8.73. The van der Waals surface area contributed by atoms with Crippen LogP contribution in [-0.4, -0.2) is 137 Å². The van der Waals surface area contributed by atoms with Crippen LogP contribution < -0.4 is 0 Å². The van der Waals surface area contributed by atoms with E-state index in [1.165, 1.54) is 14.0 Å². The van der Waals surface area contributed by atoms with Crippen LogP contribution in [-0.2, 0) is 38.0 Å². The van der Waals surface area contributed by atoms with Crippen molar-refractivity contribution >= 4 is 5.97 Å². The van der Waals surface area contributed by atoms with Crippen LogP contribution in [0.25, 0.3) is 0 Å². The molecular formula is C37H65NO12. The van der Waals surface area contributed by atoms with Gasteiger partial charge in [0, 0.05) is 31.9 Å². The first-order valence-electron chi connectivity index (χ1n) is 18.3. The Morgan fingerprint density at radius 3 is 2.28 bits per heavy atom. The number of ether oxygens (including phenoxy) is 7. The number of fused-ring (bicyclic) bond motifs is 2. The summed E-state index contributed by atoms with van der Waals surface area (Å²) in [6.07, 6.45) is -7.24. The third-order valence-corrected chi connectivity index (χ3v) is 11.9. The number of cyclic esters (lactones) is 1. The van der Waals surface area contributed by atoms with E-state index in [-0.39, 0.29) is 25.0 Å². The Kier molecular flexibility index (Phi) is 12.8. The van der Waals surface area contributed by atoms with Gasteiger partial charge in [0.25, 0.3) is 0 Å². The lowest BCUT2D eigenvalue weighted by Crippen LogP contribution is -2.60. The molecule has 50 heavy (non-hydrogen) atoms. The van der Waals surface area contributed by atoms with E-state index in [0.717, 1.165) is 5.57 Å². The average Bonchev–Trinajstić information content (AvgIpc) is 3.36. The first-order valence-corrected chi connectivity index (χ1v) is 18.3. The van der Waals surface area contributed by atoms with Crippen LogP contribution in [0.2, 0.25) is 0 Å². The number of methoxy groups -OCH3 is 1. The normalized spacial score (nSPS) is 46.5. The first-order chi connectivity index (χ1) is 23.1. The molecule has 4 heterocycles. The third-order valence-electron chi connectivity index (χ3n) is 11.9. The Morgan fingerprint density at radius 1 is 1.06 bits per heavy atom. The molecule has 4 N–H and O–H groups in total. The molecular weight excluding hydrogens is 650 g/mol. The van der Waals surface area contributed by atoms with Gasteiger partial charge in [-0.2, -0.15) is 0 Å². The molecule has 0 amide bonds. The number of hydrogen-bond acceptors (Lipinski definition) is 13. The number of carbonyl (C=O) groups is 1. The summed E-state index contributed by atoms with van der Waals surface area (Å²) in [6, 6.07) is -0.223. The van der Waals surface area contributed by atoms with E-state index in [2.05, 4.69) is 0 Å². The van der Waals surface area contributed by atoms with Gasteiger partial charge in [0.1, 0.15) is 41.4 Å². The van der Waals surface area contributed by atoms with E-state index in [4.69, 9.17) is 33.2 Å². The predicted molar refractivity (Wildman–Crippen MR) is 184 cm³/mol. The summed E-state index contributed by atoms with van der Waals surface area (Å²) in [5.41, 5.74) is -2.95. The number of carbonyl (C=O) groups excluding carboxylic acids is 1. The summed E-state index contributed by atoms with van der Waals surface area (Å²) in [6.45, 7) is 18.0. The topological polar surface area (TPSA) is 166 Å². The van der Waals surface area contributed by atoms with E-state index in [1.807, 2.05) is 53.6 Å². The molecule has 0 aromatic rings. The van der Waals surface area contributed by atoms with Crippen molar-refractivity contribution in [2.45, 2.75) is 179 Å². The SMILES string of the molecule is CC[C@@H](O)[C@@](C)(O)[C@@H]1OC(=O)[C@H](C)[C@H](O[C@H]2C[C@@](C)(OC)[C@@H](O)[C@H](C)O2)[C@H](C)[C@@H](O[C@@H]2O[C@H](C)C[C@H](N(C)C)[C@H]2O)[C@@]2(C)CC(C)=C(O2)[C@@H]1C. The predicted octanol–water partition coefficient (Wildman–Crippen LogP) is 2.89. The Morgan fingerprint density at radius 2 is 1.70 bits per heavy atom. The number of rotatable bonds is 9. The van der Waals surface area contributed by atoms with E-state index in [1.54, 1.807) is 27.7 Å². The first kappa shape index (κ1) is 41.4.